The van der Waals surface area contributed by atoms with E-state index in [4.69, 9.17) is 5.73 Å². The average Bonchev–Trinajstić information content (AvgIpc) is 2.27. The van der Waals surface area contributed by atoms with E-state index in [1.165, 1.54) is 6.07 Å². The fourth-order valence-corrected chi connectivity index (χ4v) is 1.43. The zero-order valence-electron chi connectivity index (χ0n) is 9.01. The van der Waals surface area contributed by atoms with Gasteiger partial charge in [0.15, 0.2) is 0 Å². The van der Waals surface area contributed by atoms with Crippen LogP contribution in [0.2, 0.25) is 0 Å². The lowest BCUT2D eigenvalue weighted by Gasteiger charge is -2.18. The Morgan fingerprint density at radius 2 is 2.20 bits per heavy atom. The summed E-state index contributed by atoms with van der Waals surface area (Å²) in [7, 11) is 0. The summed E-state index contributed by atoms with van der Waals surface area (Å²) < 4.78 is 0. The monoisotopic (exact) mass is 208 g/mol. The van der Waals surface area contributed by atoms with Crippen molar-refractivity contribution in [2.45, 2.75) is 26.3 Å². The summed E-state index contributed by atoms with van der Waals surface area (Å²) >= 11 is 0. The minimum atomic E-state index is -0.396. The van der Waals surface area contributed by atoms with Crippen LogP contribution in [0.15, 0.2) is 24.3 Å². The highest BCUT2D eigenvalue weighted by Crippen LogP contribution is 2.24. The van der Waals surface area contributed by atoms with Gasteiger partial charge in [-0.1, -0.05) is 32.4 Å². The zero-order chi connectivity index (χ0) is 11.4. The van der Waals surface area contributed by atoms with Gasteiger partial charge in [-0.15, -0.1) is 0 Å². The van der Waals surface area contributed by atoms with Gasteiger partial charge in [0, 0.05) is 18.2 Å². The third-order valence-corrected chi connectivity index (χ3v) is 2.72. The van der Waals surface area contributed by atoms with Gasteiger partial charge in [-0.2, -0.15) is 0 Å². The Morgan fingerprint density at radius 3 is 2.73 bits per heavy atom. The van der Waals surface area contributed by atoms with Gasteiger partial charge < -0.3 is 5.73 Å². The minimum Gasteiger partial charge on any atom is -0.324 e. The molecule has 1 rings (SSSR count). The van der Waals surface area contributed by atoms with Gasteiger partial charge in [-0.3, -0.25) is 10.1 Å². The number of nitro benzene ring substituents is 1. The molecule has 0 fully saturated rings. The number of benzene rings is 1. The van der Waals surface area contributed by atoms with Crippen LogP contribution in [0.1, 0.15) is 31.9 Å². The second kappa shape index (κ2) is 4.89. The molecule has 4 heteroatoms. The molecule has 0 aromatic heterocycles. The van der Waals surface area contributed by atoms with Crippen molar-refractivity contribution in [2.75, 3.05) is 0 Å². The summed E-state index contributed by atoms with van der Waals surface area (Å²) in [5.74, 6) is 0.326. The first-order valence-electron chi connectivity index (χ1n) is 5.06. The lowest BCUT2D eigenvalue weighted by Crippen LogP contribution is -2.18. The molecule has 0 radical (unpaired) electrons. The van der Waals surface area contributed by atoms with Crippen LogP contribution >= 0.6 is 0 Å². The van der Waals surface area contributed by atoms with Gasteiger partial charge >= 0.3 is 0 Å². The number of non-ortho nitro benzene ring substituents is 1. The van der Waals surface area contributed by atoms with Crippen molar-refractivity contribution in [1.82, 2.24) is 0 Å². The summed E-state index contributed by atoms with van der Waals surface area (Å²) in [6.45, 7) is 4.10. The van der Waals surface area contributed by atoms with Crippen LogP contribution in [-0.2, 0) is 0 Å². The van der Waals surface area contributed by atoms with Crippen molar-refractivity contribution < 1.29 is 4.92 Å². The maximum Gasteiger partial charge on any atom is 0.269 e. The van der Waals surface area contributed by atoms with E-state index < -0.39 is 4.92 Å². The highest BCUT2D eigenvalue weighted by molar-refractivity contribution is 5.35. The van der Waals surface area contributed by atoms with Crippen LogP contribution in [0.4, 0.5) is 5.69 Å². The van der Waals surface area contributed by atoms with Crippen LogP contribution in [0, 0.1) is 16.0 Å². The molecular formula is C11H16N2O2. The quantitative estimate of drug-likeness (QED) is 0.610. The molecule has 15 heavy (non-hydrogen) atoms. The van der Waals surface area contributed by atoms with Gasteiger partial charge in [-0.05, 0) is 11.5 Å². The number of nitro groups is 1. The summed E-state index contributed by atoms with van der Waals surface area (Å²) in [5.41, 5.74) is 6.93. The predicted octanol–water partition coefficient (Wildman–Crippen LogP) is 2.64. The van der Waals surface area contributed by atoms with Crippen molar-refractivity contribution in [3.63, 3.8) is 0 Å². The zero-order valence-corrected chi connectivity index (χ0v) is 9.01. The molecule has 0 aliphatic carbocycles. The Labute approximate surface area is 89.2 Å². The van der Waals surface area contributed by atoms with Crippen LogP contribution < -0.4 is 5.73 Å². The third kappa shape index (κ3) is 2.76. The number of hydrogen-bond acceptors (Lipinski definition) is 3. The Balaban J connectivity index is 2.94. The van der Waals surface area contributed by atoms with E-state index >= 15 is 0 Å². The summed E-state index contributed by atoms with van der Waals surface area (Å²) in [5, 5.41) is 10.6. The van der Waals surface area contributed by atoms with E-state index in [0.717, 1.165) is 12.0 Å². The van der Waals surface area contributed by atoms with Crippen LogP contribution in [0.5, 0.6) is 0 Å². The predicted molar refractivity (Wildman–Crippen MR) is 59.5 cm³/mol. The molecule has 0 saturated carbocycles. The van der Waals surface area contributed by atoms with Crippen LogP contribution in [0.3, 0.4) is 0 Å². The molecule has 0 saturated heterocycles. The normalized spacial score (nSPS) is 14.6. The molecular weight excluding hydrogens is 192 g/mol. The number of nitrogens with two attached hydrogens (primary N) is 1. The van der Waals surface area contributed by atoms with Gasteiger partial charge in [0.25, 0.3) is 5.69 Å². The first kappa shape index (κ1) is 11.7. The first-order valence-corrected chi connectivity index (χ1v) is 5.06. The van der Waals surface area contributed by atoms with Gasteiger partial charge in [0.1, 0.15) is 0 Å². The number of nitrogens with zero attached hydrogens (tertiary/aromatic N) is 1. The molecule has 0 aliphatic rings. The van der Waals surface area contributed by atoms with Gasteiger partial charge in [0.05, 0.1) is 4.92 Å². The Morgan fingerprint density at radius 1 is 1.53 bits per heavy atom. The lowest BCUT2D eigenvalue weighted by atomic mass is 9.93. The average molecular weight is 208 g/mol. The van der Waals surface area contributed by atoms with Gasteiger partial charge in [0.2, 0.25) is 0 Å². The minimum absolute atomic E-state index is 0.103. The maximum atomic E-state index is 10.6. The van der Waals surface area contributed by atoms with Crippen LogP contribution in [0.25, 0.3) is 0 Å². The highest BCUT2D eigenvalue weighted by Gasteiger charge is 2.15. The molecule has 2 unspecified atom stereocenters. The Hall–Kier alpha value is -1.42. The molecule has 0 heterocycles. The molecule has 0 spiro atoms. The fraction of sp³-hybridized carbons (Fsp3) is 0.455. The summed E-state index contributed by atoms with van der Waals surface area (Å²) in [4.78, 5) is 10.2. The molecule has 1 aromatic rings. The van der Waals surface area contributed by atoms with Crippen LogP contribution in [-0.4, -0.2) is 4.92 Å². The molecule has 0 bridgehead atoms. The van der Waals surface area contributed by atoms with Crippen molar-refractivity contribution in [3.05, 3.63) is 39.9 Å². The Kier molecular flexibility index (Phi) is 3.80. The largest absolute Gasteiger partial charge is 0.324 e. The standard InChI is InChI=1S/C11H16N2O2/c1-3-8(2)11(12)9-5-4-6-10(7-9)13(14)15/h4-8,11H,3,12H2,1-2H3. The van der Waals surface area contributed by atoms with E-state index in [-0.39, 0.29) is 11.7 Å². The smallest absolute Gasteiger partial charge is 0.269 e. The number of rotatable bonds is 4. The second-order valence-corrected chi connectivity index (χ2v) is 3.76. The van der Waals surface area contributed by atoms with E-state index in [9.17, 15) is 10.1 Å². The molecule has 2 atom stereocenters. The van der Waals surface area contributed by atoms with E-state index in [2.05, 4.69) is 6.92 Å². The van der Waals surface area contributed by atoms with E-state index in [1.807, 2.05) is 13.0 Å². The van der Waals surface area contributed by atoms with E-state index in [1.54, 1.807) is 12.1 Å². The first-order chi connectivity index (χ1) is 7.06. The third-order valence-electron chi connectivity index (χ3n) is 2.72. The highest BCUT2D eigenvalue weighted by atomic mass is 16.6. The molecule has 0 aliphatic heterocycles. The maximum absolute atomic E-state index is 10.6. The topological polar surface area (TPSA) is 69.2 Å². The SMILES string of the molecule is CCC(C)C(N)c1cccc([N+](=O)[O-])c1. The lowest BCUT2D eigenvalue weighted by molar-refractivity contribution is -0.384. The van der Waals surface area contributed by atoms with Gasteiger partial charge in [-0.25, -0.2) is 0 Å². The second-order valence-electron chi connectivity index (χ2n) is 3.76. The molecule has 4 nitrogen and oxygen atoms in total. The summed E-state index contributed by atoms with van der Waals surface area (Å²) in [6.07, 6.45) is 0.962. The van der Waals surface area contributed by atoms with Crippen molar-refractivity contribution >= 4 is 5.69 Å². The summed E-state index contributed by atoms with van der Waals surface area (Å²) in [6, 6.07) is 6.42. The molecule has 0 amide bonds. The van der Waals surface area contributed by atoms with Crippen molar-refractivity contribution in [3.8, 4) is 0 Å². The van der Waals surface area contributed by atoms with Crippen molar-refractivity contribution in [2.24, 2.45) is 11.7 Å². The van der Waals surface area contributed by atoms with E-state index in [0.29, 0.717) is 5.92 Å². The molecule has 2 N–H and O–H groups in total. The van der Waals surface area contributed by atoms with Crippen molar-refractivity contribution in [1.29, 1.82) is 0 Å². The molecule has 1 aromatic carbocycles. The molecule has 82 valence electrons. The Bertz CT molecular complexity index is 352. The number of hydrogen-bond donors (Lipinski definition) is 1. The fourth-order valence-electron chi connectivity index (χ4n) is 1.43.